The molecule has 0 bridgehead atoms. The Morgan fingerprint density at radius 3 is 3.10 bits per heavy atom. The van der Waals surface area contributed by atoms with E-state index in [9.17, 15) is 0 Å². The molecule has 3 nitrogen and oxygen atoms in total. The van der Waals surface area contributed by atoms with Crippen LogP contribution in [-0.2, 0) is 6.42 Å². The average Bonchev–Trinajstić information content (AvgIpc) is 2.31. The second-order valence-electron chi connectivity index (χ2n) is 2.20. The minimum atomic E-state index is 0.546. The lowest BCUT2D eigenvalue weighted by molar-refractivity contribution is 0.916. The van der Waals surface area contributed by atoms with Crippen molar-refractivity contribution in [3.63, 3.8) is 0 Å². The van der Waals surface area contributed by atoms with Crippen molar-refractivity contribution in [1.29, 1.82) is 5.26 Å². The van der Waals surface area contributed by atoms with Crippen LogP contribution in [0.4, 0.5) is 0 Å². The van der Waals surface area contributed by atoms with Crippen molar-refractivity contribution in [3.8, 4) is 6.07 Å². The fourth-order valence-corrected chi connectivity index (χ4v) is 0.786. The smallest absolute Gasteiger partial charge is 0.0635 e. The van der Waals surface area contributed by atoms with Gasteiger partial charge in [0.25, 0.3) is 0 Å². The highest BCUT2D eigenvalue weighted by Gasteiger charge is 1.94. The van der Waals surface area contributed by atoms with Gasteiger partial charge in [0, 0.05) is 18.5 Å². The van der Waals surface area contributed by atoms with Crippen molar-refractivity contribution in [2.24, 2.45) is 0 Å². The Hall–Kier alpha value is -1.30. The van der Waals surface area contributed by atoms with E-state index in [1.54, 1.807) is 0 Å². The molecule has 1 N–H and O–H groups in total. The summed E-state index contributed by atoms with van der Waals surface area (Å²) < 4.78 is 0. The quantitative estimate of drug-likeness (QED) is 0.661. The van der Waals surface area contributed by atoms with Gasteiger partial charge < -0.3 is 0 Å². The van der Waals surface area contributed by atoms with E-state index in [0.29, 0.717) is 6.42 Å². The van der Waals surface area contributed by atoms with Crippen molar-refractivity contribution in [2.75, 3.05) is 0 Å². The summed E-state index contributed by atoms with van der Waals surface area (Å²) in [6.07, 6.45) is 1.30. The maximum absolute atomic E-state index is 8.25. The highest BCUT2D eigenvalue weighted by molar-refractivity contribution is 5.07. The van der Waals surface area contributed by atoms with Gasteiger partial charge in [0.2, 0.25) is 0 Å². The maximum Gasteiger partial charge on any atom is 0.0635 e. The van der Waals surface area contributed by atoms with Gasteiger partial charge in [0.05, 0.1) is 11.8 Å². The first-order chi connectivity index (χ1) is 4.83. The first kappa shape index (κ1) is 6.81. The van der Waals surface area contributed by atoms with Gasteiger partial charge >= 0.3 is 0 Å². The number of hydrogen-bond acceptors (Lipinski definition) is 2. The zero-order valence-electron chi connectivity index (χ0n) is 5.89. The van der Waals surface area contributed by atoms with Crippen LogP contribution in [0.25, 0.3) is 0 Å². The average molecular weight is 135 g/mol. The number of nitrogens with one attached hydrogen (secondary N) is 1. The summed E-state index contributed by atoms with van der Waals surface area (Å²) in [7, 11) is 0. The minimum Gasteiger partial charge on any atom is -0.283 e. The van der Waals surface area contributed by atoms with Crippen LogP contribution < -0.4 is 0 Å². The van der Waals surface area contributed by atoms with Crippen LogP contribution in [0.2, 0.25) is 0 Å². The van der Waals surface area contributed by atoms with E-state index >= 15 is 0 Å². The van der Waals surface area contributed by atoms with Gasteiger partial charge in [-0.3, -0.25) is 5.10 Å². The van der Waals surface area contributed by atoms with Crippen molar-refractivity contribution >= 4 is 0 Å². The third-order valence-corrected chi connectivity index (χ3v) is 1.25. The molecule has 1 rings (SSSR count). The van der Waals surface area contributed by atoms with E-state index in [1.165, 1.54) is 0 Å². The molecule has 0 aliphatic heterocycles. The molecule has 52 valence electrons. The summed E-state index contributed by atoms with van der Waals surface area (Å²) >= 11 is 0. The van der Waals surface area contributed by atoms with Gasteiger partial charge in [0.15, 0.2) is 0 Å². The van der Waals surface area contributed by atoms with Crippen LogP contribution in [0.15, 0.2) is 6.07 Å². The SMILES string of the molecule is Cc1cc(CCC#N)n[nH]1. The Morgan fingerprint density at radius 1 is 1.80 bits per heavy atom. The largest absolute Gasteiger partial charge is 0.283 e. The zero-order valence-corrected chi connectivity index (χ0v) is 5.89. The summed E-state index contributed by atoms with van der Waals surface area (Å²) in [4.78, 5) is 0. The number of aryl methyl sites for hydroxylation is 2. The van der Waals surface area contributed by atoms with Crippen LogP contribution in [0, 0.1) is 18.3 Å². The van der Waals surface area contributed by atoms with E-state index in [4.69, 9.17) is 5.26 Å². The predicted octanol–water partition coefficient (Wildman–Crippen LogP) is 1.17. The lowest BCUT2D eigenvalue weighted by atomic mass is 10.2. The lowest BCUT2D eigenvalue weighted by Crippen LogP contribution is -1.82. The molecule has 1 heterocycles. The van der Waals surface area contributed by atoms with Crippen LogP contribution in [0.5, 0.6) is 0 Å². The zero-order chi connectivity index (χ0) is 7.40. The van der Waals surface area contributed by atoms with E-state index in [-0.39, 0.29) is 0 Å². The molecule has 0 unspecified atom stereocenters. The topological polar surface area (TPSA) is 52.5 Å². The molecule has 0 aliphatic rings. The molecule has 1 aromatic heterocycles. The Bertz CT molecular complexity index is 244. The van der Waals surface area contributed by atoms with Crippen LogP contribution in [-0.4, -0.2) is 10.2 Å². The van der Waals surface area contributed by atoms with Crippen LogP contribution in [0.1, 0.15) is 17.8 Å². The molecule has 0 saturated carbocycles. The standard InChI is InChI=1S/C7H9N3/c1-6-5-7(10-9-6)3-2-4-8/h5H,2-3H2,1H3,(H,9,10). The van der Waals surface area contributed by atoms with Crippen LogP contribution >= 0.6 is 0 Å². The number of aromatic nitrogens is 2. The number of rotatable bonds is 2. The van der Waals surface area contributed by atoms with Gasteiger partial charge in [-0.2, -0.15) is 10.4 Å². The molecule has 0 amide bonds. The maximum atomic E-state index is 8.25. The fraction of sp³-hybridized carbons (Fsp3) is 0.429. The Labute approximate surface area is 59.7 Å². The van der Waals surface area contributed by atoms with Gasteiger partial charge in [-0.05, 0) is 13.0 Å². The van der Waals surface area contributed by atoms with E-state index in [1.807, 2.05) is 13.0 Å². The summed E-state index contributed by atoms with van der Waals surface area (Å²) in [6, 6.07) is 4.03. The second-order valence-corrected chi connectivity index (χ2v) is 2.20. The molecule has 0 fully saturated rings. The molecular weight excluding hydrogens is 126 g/mol. The van der Waals surface area contributed by atoms with Crippen molar-refractivity contribution in [3.05, 3.63) is 17.5 Å². The summed E-state index contributed by atoms with van der Waals surface area (Å²) in [6.45, 7) is 1.95. The summed E-state index contributed by atoms with van der Waals surface area (Å²) in [5, 5.41) is 15.0. The monoisotopic (exact) mass is 135 g/mol. The highest BCUT2D eigenvalue weighted by atomic mass is 15.1. The number of nitriles is 1. The number of hydrogen-bond donors (Lipinski definition) is 1. The number of nitrogens with zero attached hydrogens (tertiary/aromatic N) is 2. The molecule has 0 aromatic carbocycles. The Kier molecular flexibility index (Phi) is 2.06. The number of H-pyrrole nitrogens is 1. The molecule has 0 atom stereocenters. The molecule has 10 heavy (non-hydrogen) atoms. The highest BCUT2D eigenvalue weighted by Crippen LogP contribution is 1.99. The molecule has 0 aliphatic carbocycles. The van der Waals surface area contributed by atoms with Crippen molar-refractivity contribution in [1.82, 2.24) is 10.2 Å². The number of aromatic amines is 1. The predicted molar refractivity (Wildman–Crippen MR) is 37.3 cm³/mol. The lowest BCUT2D eigenvalue weighted by Gasteiger charge is -1.83. The minimum absolute atomic E-state index is 0.546. The fourth-order valence-electron chi connectivity index (χ4n) is 0.786. The molecule has 1 aromatic rings. The molecule has 3 heteroatoms. The third-order valence-electron chi connectivity index (χ3n) is 1.25. The normalized spacial score (nSPS) is 9.20. The molecular formula is C7H9N3. The molecule has 0 radical (unpaired) electrons. The summed E-state index contributed by atoms with van der Waals surface area (Å²) in [5.74, 6) is 0. The van der Waals surface area contributed by atoms with Crippen molar-refractivity contribution < 1.29 is 0 Å². The first-order valence-electron chi connectivity index (χ1n) is 3.21. The molecule has 0 spiro atoms. The Morgan fingerprint density at radius 2 is 2.60 bits per heavy atom. The van der Waals surface area contributed by atoms with Crippen molar-refractivity contribution in [2.45, 2.75) is 19.8 Å². The van der Waals surface area contributed by atoms with E-state index in [2.05, 4.69) is 16.3 Å². The van der Waals surface area contributed by atoms with Crippen LogP contribution in [0.3, 0.4) is 0 Å². The van der Waals surface area contributed by atoms with Gasteiger partial charge in [-0.25, -0.2) is 0 Å². The van der Waals surface area contributed by atoms with Gasteiger partial charge in [-0.15, -0.1) is 0 Å². The molecule has 0 saturated heterocycles. The summed E-state index contributed by atoms with van der Waals surface area (Å²) in [5.41, 5.74) is 2.02. The first-order valence-corrected chi connectivity index (χ1v) is 3.21. The van der Waals surface area contributed by atoms with Gasteiger partial charge in [-0.1, -0.05) is 0 Å². The second kappa shape index (κ2) is 3.02. The van der Waals surface area contributed by atoms with E-state index < -0.39 is 0 Å². The third kappa shape index (κ3) is 1.59. The van der Waals surface area contributed by atoms with E-state index in [0.717, 1.165) is 17.8 Å². The van der Waals surface area contributed by atoms with Gasteiger partial charge in [0.1, 0.15) is 0 Å². The Balaban J connectivity index is 2.52.